The summed E-state index contributed by atoms with van der Waals surface area (Å²) in [6.07, 6.45) is 5.34. The summed E-state index contributed by atoms with van der Waals surface area (Å²) >= 11 is 4.55. The number of nitrogens with zero attached hydrogens (tertiary/aromatic N) is 5. The van der Waals surface area contributed by atoms with E-state index < -0.39 is 0 Å². The molecule has 3 aromatic heterocycles. The average Bonchev–Trinajstić information content (AvgIpc) is 3.16. The van der Waals surface area contributed by atoms with Gasteiger partial charge in [0.25, 0.3) is 0 Å². The number of nitrogens with one attached hydrogen (secondary N) is 1. The normalized spacial score (nSPS) is 10.8. The van der Waals surface area contributed by atoms with Gasteiger partial charge >= 0.3 is 0 Å². The molecule has 0 aliphatic carbocycles. The molecule has 3 rings (SSSR count). The fourth-order valence-electron chi connectivity index (χ4n) is 1.63. The van der Waals surface area contributed by atoms with Crippen LogP contribution in [0.1, 0.15) is 17.5 Å². The molecule has 0 saturated carbocycles. The Morgan fingerprint density at radius 1 is 1.41 bits per heavy atom. The van der Waals surface area contributed by atoms with Crippen molar-refractivity contribution in [1.29, 1.82) is 0 Å². The Bertz CT molecular complexity index is 779. The number of amides is 1. The monoisotopic (exact) mass is 352 g/mol. The van der Waals surface area contributed by atoms with Crippen molar-refractivity contribution < 1.29 is 4.79 Å². The van der Waals surface area contributed by atoms with Crippen LogP contribution in [0.4, 0.5) is 5.13 Å². The van der Waals surface area contributed by atoms with Crippen LogP contribution in [0.15, 0.2) is 23.1 Å². The van der Waals surface area contributed by atoms with E-state index in [4.69, 9.17) is 0 Å². The minimum atomic E-state index is -0.145. The predicted octanol–water partition coefficient (Wildman–Crippen LogP) is 2.74. The van der Waals surface area contributed by atoms with Crippen molar-refractivity contribution in [2.24, 2.45) is 0 Å². The lowest BCUT2D eigenvalue weighted by Crippen LogP contribution is -2.04. The van der Waals surface area contributed by atoms with Gasteiger partial charge in [-0.2, -0.15) is 0 Å². The number of carbonyl (C=O) groups is 1. The molecule has 1 N–H and O–H groups in total. The topological polar surface area (TPSA) is 85.6 Å². The van der Waals surface area contributed by atoms with E-state index in [1.165, 1.54) is 23.1 Å². The van der Waals surface area contributed by atoms with Gasteiger partial charge in [0, 0.05) is 29.9 Å². The third kappa shape index (κ3) is 3.51. The molecule has 0 bridgehead atoms. The molecule has 3 heterocycles. The lowest BCUT2D eigenvalue weighted by atomic mass is 10.4. The van der Waals surface area contributed by atoms with Gasteiger partial charge in [-0.1, -0.05) is 23.1 Å². The standard InChI is InChI=1S/C12H12N6OS3/c1-7-9(15-11(21-7)18-4-3-13-6-18)5-20-12-17-16-10(22-12)14-8(2)19/h3-4,6H,5H2,1-2H3,(H,14,16,19). The number of hydrogen-bond donors (Lipinski definition) is 1. The summed E-state index contributed by atoms with van der Waals surface area (Å²) in [7, 11) is 0. The van der Waals surface area contributed by atoms with Gasteiger partial charge in [0.15, 0.2) is 9.47 Å². The number of aryl methyl sites for hydroxylation is 1. The zero-order valence-electron chi connectivity index (χ0n) is 11.8. The number of anilines is 1. The first kappa shape index (κ1) is 15.1. The van der Waals surface area contributed by atoms with E-state index in [-0.39, 0.29) is 5.91 Å². The second kappa shape index (κ2) is 6.55. The molecule has 0 atom stereocenters. The van der Waals surface area contributed by atoms with E-state index in [0.717, 1.165) is 15.2 Å². The Hall–Kier alpha value is -1.78. The van der Waals surface area contributed by atoms with Gasteiger partial charge in [-0.15, -0.1) is 21.5 Å². The molecule has 0 aliphatic heterocycles. The number of thiazole rings is 1. The summed E-state index contributed by atoms with van der Waals surface area (Å²) in [6, 6.07) is 0. The highest BCUT2D eigenvalue weighted by Crippen LogP contribution is 2.31. The lowest BCUT2D eigenvalue weighted by molar-refractivity contribution is -0.114. The molecule has 0 aliphatic rings. The smallest absolute Gasteiger partial charge is 0.223 e. The molecule has 22 heavy (non-hydrogen) atoms. The van der Waals surface area contributed by atoms with Crippen LogP contribution in [-0.4, -0.2) is 30.6 Å². The van der Waals surface area contributed by atoms with Crippen LogP contribution in [0.25, 0.3) is 5.13 Å². The highest BCUT2D eigenvalue weighted by atomic mass is 32.2. The van der Waals surface area contributed by atoms with Crippen molar-refractivity contribution >= 4 is 45.5 Å². The van der Waals surface area contributed by atoms with E-state index in [0.29, 0.717) is 10.9 Å². The molecule has 3 aromatic rings. The summed E-state index contributed by atoms with van der Waals surface area (Å²) in [4.78, 5) is 20.8. The van der Waals surface area contributed by atoms with Gasteiger partial charge < -0.3 is 5.32 Å². The van der Waals surface area contributed by atoms with Crippen LogP contribution >= 0.6 is 34.4 Å². The number of thioether (sulfide) groups is 1. The quantitative estimate of drug-likeness (QED) is 0.561. The van der Waals surface area contributed by atoms with Gasteiger partial charge in [-0.05, 0) is 6.92 Å². The first-order valence-electron chi connectivity index (χ1n) is 6.30. The van der Waals surface area contributed by atoms with E-state index >= 15 is 0 Å². The van der Waals surface area contributed by atoms with Gasteiger partial charge in [0.05, 0.1) is 5.69 Å². The zero-order chi connectivity index (χ0) is 15.5. The molecule has 0 unspecified atom stereocenters. The Labute approximate surface area is 138 Å². The number of hydrogen-bond acceptors (Lipinski definition) is 8. The predicted molar refractivity (Wildman–Crippen MR) is 87.7 cm³/mol. The second-order valence-electron chi connectivity index (χ2n) is 4.31. The number of rotatable bonds is 5. The van der Waals surface area contributed by atoms with Crippen molar-refractivity contribution in [3.63, 3.8) is 0 Å². The van der Waals surface area contributed by atoms with Crippen LogP contribution < -0.4 is 5.32 Å². The number of aromatic nitrogens is 5. The van der Waals surface area contributed by atoms with Crippen LogP contribution in [0.5, 0.6) is 0 Å². The van der Waals surface area contributed by atoms with Crippen LogP contribution in [0, 0.1) is 6.92 Å². The molecule has 10 heteroatoms. The van der Waals surface area contributed by atoms with Gasteiger partial charge in [0.1, 0.15) is 6.33 Å². The summed E-state index contributed by atoms with van der Waals surface area (Å²) < 4.78 is 2.70. The lowest BCUT2D eigenvalue weighted by Gasteiger charge is -1.95. The average molecular weight is 352 g/mol. The van der Waals surface area contributed by atoms with Gasteiger partial charge in [-0.25, -0.2) is 9.97 Å². The Kier molecular flexibility index (Phi) is 4.50. The van der Waals surface area contributed by atoms with Crippen LogP contribution in [0.2, 0.25) is 0 Å². The van der Waals surface area contributed by atoms with Gasteiger partial charge in [0.2, 0.25) is 11.0 Å². The highest BCUT2D eigenvalue weighted by molar-refractivity contribution is 8.00. The molecule has 0 saturated heterocycles. The molecular weight excluding hydrogens is 340 g/mol. The molecular formula is C12H12N6OS3. The SMILES string of the molecule is CC(=O)Nc1nnc(SCc2nc(-n3ccnc3)sc2C)s1. The third-order valence-electron chi connectivity index (χ3n) is 2.63. The maximum Gasteiger partial charge on any atom is 0.223 e. The Balaban J connectivity index is 1.66. The summed E-state index contributed by atoms with van der Waals surface area (Å²) in [6.45, 7) is 3.50. The minimum absolute atomic E-state index is 0.145. The molecule has 7 nitrogen and oxygen atoms in total. The Morgan fingerprint density at radius 2 is 2.27 bits per heavy atom. The summed E-state index contributed by atoms with van der Waals surface area (Å²) in [5.41, 5.74) is 1.02. The fraction of sp³-hybridized carbons (Fsp3) is 0.250. The molecule has 1 amide bonds. The third-order valence-corrected chi connectivity index (χ3v) is 5.64. The minimum Gasteiger partial charge on any atom is -0.301 e. The molecule has 0 spiro atoms. The van der Waals surface area contributed by atoms with Crippen molar-refractivity contribution in [2.45, 2.75) is 23.9 Å². The maximum atomic E-state index is 11.0. The molecule has 114 valence electrons. The second-order valence-corrected chi connectivity index (χ2v) is 7.69. The van der Waals surface area contributed by atoms with E-state index in [9.17, 15) is 4.79 Å². The van der Waals surface area contributed by atoms with E-state index in [1.807, 2.05) is 10.8 Å². The summed E-state index contributed by atoms with van der Waals surface area (Å²) in [5.74, 6) is 0.569. The fourth-order valence-corrected chi connectivity index (χ4v) is 4.41. The van der Waals surface area contributed by atoms with Crippen molar-refractivity contribution in [2.75, 3.05) is 5.32 Å². The first-order valence-corrected chi connectivity index (χ1v) is 8.92. The van der Waals surface area contributed by atoms with Crippen LogP contribution in [0.3, 0.4) is 0 Å². The largest absolute Gasteiger partial charge is 0.301 e. The van der Waals surface area contributed by atoms with E-state index in [2.05, 4.69) is 32.4 Å². The zero-order valence-corrected chi connectivity index (χ0v) is 14.3. The number of imidazole rings is 1. The summed E-state index contributed by atoms with van der Waals surface area (Å²) in [5, 5.41) is 12.0. The highest BCUT2D eigenvalue weighted by Gasteiger charge is 2.11. The molecule has 0 radical (unpaired) electrons. The van der Waals surface area contributed by atoms with Gasteiger partial charge in [-0.3, -0.25) is 9.36 Å². The first-order chi connectivity index (χ1) is 10.6. The Morgan fingerprint density at radius 3 is 3.00 bits per heavy atom. The van der Waals surface area contributed by atoms with Crippen LogP contribution in [-0.2, 0) is 10.5 Å². The van der Waals surface area contributed by atoms with Crippen molar-refractivity contribution in [1.82, 2.24) is 24.7 Å². The van der Waals surface area contributed by atoms with Crippen molar-refractivity contribution in [3.05, 3.63) is 29.3 Å². The van der Waals surface area contributed by atoms with Crippen molar-refractivity contribution in [3.8, 4) is 5.13 Å². The number of carbonyl (C=O) groups excluding carboxylic acids is 1. The molecule has 0 fully saturated rings. The molecule has 0 aromatic carbocycles. The maximum absolute atomic E-state index is 11.0. The van der Waals surface area contributed by atoms with E-state index in [1.54, 1.807) is 35.6 Å².